The first kappa shape index (κ1) is 9.41. The second-order valence-electron chi connectivity index (χ2n) is 2.56. The van der Waals surface area contributed by atoms with Crippen molar-refractivity contribution >= 4 is 0 Å². The summed E-state index contributed by atoms with van der Waals surface area (Å²) in [6, 6.07) is 2.02. The summed E-state index contributed by atoms with van der Waals surface area (Å²) in [6.07, 6.45) is 0.357. The zero-order valence-corrected chi connectivity index (χ0v) is 6.39. The van der Waals surface area contributed by atoms with Gasteiger partial charge in [-0.15, -0.1) is 0 Å². The van der Waals surface area contributed by atoms with E-state index in [1.807, 2.05) is 19.9 Å². The highest BCUT2D eigenvalue weighted by molar-refractivity contribution is 4.82. The largest absolute Gasteiger partial charge is 0.353 e. The van der Waals surface area contributed by atoms with E-state index in [0.717, 1.165) is 0 Å². The monoisotopic (exact) mass is 142 g/mol. The van der Waals surface area contributed by atoms with Crippen LogP contribution in [0, 0.1) is 18.4 Å². The molecule has 0 fully saturated rings. The molecule has 0 atom stereocenters. The molecule has 0 N–H and O–H groups in total. The van der Waals surface area contributed by atoms with Crippen molar-refractivity contribution < 1.29 is 9.47 Å². The van der Waals surface area contributed by atoms with Crippen LogP contribution in [0.25, 0.3) is 0 Å². The minimum atomic E-state index is -0.424. The van der Waals surface area contributed by atoms with Crippen molar-refractivity contribution in [2.24, 2.45) is 0 Å². The molecule has 0 aromatic rings. The lowest BCUT2D eigenvalue weighted by atomic mass is 10.1. The zero-order chi connectivity index (χ0) is 8.04. The van der Waals surface area contributed by atoms with Crippen LogP contribution in [-0.2, 0) is 9.47 Å². The summed E-state index contributed by atoms with van der Waals surface area (Å²) < 4.78 is 9.55. The third kappa shape index (κ3) is 4.30. The van der Waals surface area contributed by atoms with Crippen LogP contribution in [0.3, 0.4) is 0 Å². The number of ether oxygens (including phenoxy) is 2. The first-order valence-corrected chi connectivity index (χ1v) is 3.00. The smallest absolute Gasteiger partial charge is 0.147 e. The lowest BCUT2D eigenvalue weighted by Crippen LogP contribution is -2.24. The molecule has 0 saturated carbocycles. The van der Waals surface area contributed by atoms with E-state index in [2.05, 4.69) is 11.8 Å². The van der Waals surface area contributed by atoms with Gasteiger partial charge in [-0.3, -0.25) is 0 Å². The second-order valence-corrected chi connectivity index (χ2v) is 2.56. The Morgan fingerprint density at radius 3 is 2.60 bits per heavy atom. The van der Waals surface area contributed by atoms with Crippen molar-refractivity contribution in [3.05, 3.63) is 7.11 Å². The van der Waals surface area contributed by atoms with Gasteiger partial charge in [-0.25, -0.2) is 0 Å². The quantitative estimate of drug-likeness (QED) is 0.558. The molecule has 0 rings (SSSR count). The second kappa shape index (κ2) is 4.26. The predicted octanol–water partition coefficient (Wildman–Crippen LogP) is 1.46. The molecule has 0 aliphatic carbocycles. The highest BCUT2D eigenvalue weighted by Crippen LogP contribution is 2.12. The van der Waals surface area contributed by atoms with Crippen LogP contribution in [0.15, 0.2) is 0 Å². The molecule has 0 aliphatic rings. The van der Waals surface area contributed by atoms with Gasteiger partial charge >= 0.3 is 0 Å². The molecule has 0 unspecified atom stereocenters. The van der Waals surface area contributed by atoms with Crippen molar-refractivity contribution in [1.82, 2.24) is 0 Å². The number of rotatable bonds is 4. The lowest BCUT2D eigenvalue weighted by molar-refractivity contribution is -0.102. The fraction of sp³-hybridized carbons (Fsp3) is 0.714. The molecule has 0 aromatic heterocycles. The highest BCUT2D eigenvalue weighted by Gasteiger charge is 2.16. The van der Waals surface area contributed by atoms with Crippen molar-refractivity contribution in [1.29, 1.82) is 5.26 Å². The van der Waals surface area contributed by atoms with E-state index in [9.17, 15) is 0 Å². The van der Waals surface area contributed by atoms with Gasteiger partial charge in [0.15, 0.2) is 0 Å². The maximum Gasteiger partial charge on any atom is 0.147 e. The van der Waals surface area contributed by atoms with Gasteiger partial charge in [0.1, 0.15) is 6.79 Å². The van der Waals surface area contributed by atoms with Crippen LogP contribution in [-0.4, -0.2) is 12.4 Å². The van der Waals surface area contributed by atoms with E-state index in [4.69, 9.17) is 10.00 Å². The van der Waals surface area contributed by atoms with Crippen molar-refractivity contribution in [3.8, 4) is 6.07 Å². The molecule has 0 aliphatic heterocycles. The first-order chi connectivity index (χ1) is 4.62. The Kier molecular flexibility index (Phi) is 4.01. The summed E-state index contributed by atoms with van der Waals surface area (Å²) in [6.45, 7) is 3.79. The molecule has 3 nitrogen and oxygen atoms in total. The summed E-state index contributed by atoms with van der Waals surface area (Å²) in [5.74, 6) is 0. The molecular weight excluding hydrogens is 130 g/mol. The number of nitrogens with zero attached hydrogens (tertiary/aromatic N) is 1. The molecule has 0 saturated heterocycles. The minimum absolute atomic E-state index is 0.134. The first-order valence-electron chi connectivity index (χ1n) is 3.00. The summed E-state index contributed by atoms with van der Waals surface area (Å²) >= 11 is 0. The molecular formula is C7H12NO2. The average Bonchev–Trinajstić information content (AvgIpc) is 1.84. The van der Waals surface area contributed by atoms with Crippen molar-refractivity contribution in [2.75, 3.05) is 6.79 Å². The van der Waals surface area contributed by atoms with Crippen LogP contribution < -0.4 is 0 Å². The Balaban J connectivity index is 3.55. The summed E-state index contributed by atoms with van der Waals surface area (Å²) in [5, 5.41) is 8.31. The van der Waals surface area contributed by atoms with E-state index < -0.39 is 5.60 Å². The zero-order valence-electron chi connectivity index (χ0n) is 6.39. The van der Waals surface area contributed by atoms with Gasteiger partial charge in [0.2, 0.25) is 0 Å². The van der Waals surface area contributed by atoms with E-state index in [-0.39, 0.29) is 6.79 Å². The fourth-order valence-electron chi connectivity index (χ4n) is 0.443. The van der Waals surface area contributed by atoms with Crippen molar-refractivity contribution in [2.45, 2.75) is 25.9 Å². The van der Waals surface area contributed by atoms with Crippen molar-refractivity contribution in [3.63, 3.8) is 0 Å². The van der Waals surface area contributed by atoms with Gasteiger partial charge in [-0.1, -0.05) is 0 Å². The molecule has 57 valence electrons. The molecule has 1 radical (unpaired) electrons. The Hall–Kier alpha value is -0.590. The maximum absolute atomic E-state index is 8.31. The third-order valence-electron chi connectivity index (χ3n) is 1.04. The minimum Gasteiger partial charge on any atom is -0.353 e. The predicted molar refractivity (Wildman–Crippen MR) is 36.7 cm³/mol. The Bertz CT molecular complexity index is 126. The van der Waals surface area contributed by atoms with Gasteiger partial charge in [-0.05, 0) is 13.8 Å². The highest BCUT2D eigenvalue weighted by atomic mass is 16.7. The SMILES string of the molecule is [CH2]OCOC(C)(C)CC#N. The molecule has 0 heterocycles. The number of nitriles is 1. The fourth-order valence-corrected chi connectivity index (χ4v) is 0.443. The molecule has 0 amide bonds. The third-order valence-corrected chi connectivity index (χ3v) is 1.04. The molecule has 3 heteroatoms. The number of hydrogen-bond donors (Lipinski definition) is 0. The van der Waals surface area contributed by atoms with E-state index in [0.29, 0.717) is 6.42 Å². The standard InChI is InChI=1S/C7H12NO2/c1-7(2,4-5-8)10-6-9-3/h3-4,6H2,1-2H3. The summed E-state index contributed by atoms with van der Waals surface area (Å²) in [7, 11) is 3.14. The van der Waals surface area contributed by atoms with Crippen LogP contribution in [0.5, 0.6) is 0 Å². The lowest BCUT2D eigenvalue weighted by Gasteiger charge is -2.20. The average molecular weight is 142 g/mol. The van der Waals surface area contributed by atoms with Crippen LogP contribution in [0.2, 0.25) is 0 Å². The molecule has 0 spiro atoms. The van der Waals surface area contributed by atoms with E-state index in [1.165, 1.54) is 0 Å². The van der Waals surface area contributed by atoms with Crippen LogP contribution in [0.1, 0.15) is 20.3 Å². The van der Waals surface area contributed by atoms with E-state index >= 15 is 0 Å². The Morgan fingerprint density at radius 2 is 2.20 bits per heavy atom. The number of hydrogen-bond acceptors (Lipinski definition) is 3. The molecule has 0 bridgehead atoms. The van der Waals surface area contributed by atoms with Crippen LogP contribution in [0.4, 0.5) is 0 Å². The Labute approximate surface area is 61.5 Å². The maximum atomic E-state index is 8.31. The summed E-state index contributed by atoms with van der Waals surface area (Å²) in [5.41, 5.74) is -0.424. The van der Waals surface area contributed by atoms with E-state index in [1.54, 1.807) is 0 Å². The van der Waals surface area contributed by atoms with Gasteiger partial charge < -0.3 is 9.47 Å². The molecule has 10 heavy (non-hydrogen) atoms. The Morgan fingerprint density at radius 1 is 1.60 bits per heavy atom. The van der Waals surface area contributed by atoms with Gasteiger partial charge in [0, 0.05) is 0 Å². The topological polar surface area (TPSA) is 42.2 Å². The molecule has 0 aromatic carbocycles. The van der Waals surface area contributed by atoms with Gasteiger partial charge in [0.05, 0.1) is 25.2 Å². The van der Waals surface area contributed by atoms with Crippen LogP contribution >= 0.6 is 0 Å². The van der Waals surface area contributed by atoms with Gasteiger partial charge in [0.25, 0.3) is 0 Å². The summed E-state index contributed by atoms with van der Waals surface area (Å²) in [4.78, 5) is 0. The van der Waals surface area contributed by atoms with Gasteiger partial charge in [-0.2, -0.15) is 5.26 Å². The normalized spacial score (nSPS) is 11.0.